The van der Waals surface area contributed by atoms with Gasteiger partial charge in [-0.15, -0.1) is 0 Å². The van der Waals surface area contributed by atoms with Crippen LogP contribution >= 0.6 is 0 Å². The number of ether oxygens (including phenoxy) is 1. The van der Waals surface area contributed by atoms with E-state index in [4.69, 9.17) is 20.1 Å². The van der Waals surface area contributed by atoms with Crippen molar-refractivity contribution >= 4 is 5.97 Å². The number of carbonyl (C=O) groups is 1. The molecular weight excluding hydrogens is 392 g/mol. The molecule has 0 aromatic heterocycles. The third-order valence-corrected chi connectivity index (χ3v) is 6.06. The SMILES string of the molecule is CCCCCCCCCCCCCCCCCCCCCC(=O)OC(CC)C(O)(O)O. The molecule has 0 spiro atoms. The molecule has 0 rings (SSSR count). The maximum Gasteiger partial charge on any atom is 0.314 e. The third kappa shape index (κ3) is 21.0. The fourth-order valence-electron chi connectivity index (χ4n) is 4.00. The van der Waals surface area contributed by atoms with E-state index in [-0.39, 0.29) is 12.8 Å². The minimum atomic E-state index is -2.96. The van der Waals surface area contributed by atoms with Crippen molar-refractivity contribution in [1.82, 2.24) is 0 Å². The molecule has 3 N–H and O–H groups in total. The van der Waals surface area contributed by atoms with Crippen LogP contribution in [0.25, 0.3) is 0 Å². The van der Waals surface area contributed by atoms with E-state index in [1.54, 1.807) is 6.92 Å². The molecule has 0 aromatic carbocycles. The Labute approximate surface area is 192 Å². The molecule has 0 saturated heterocycles. The van der Waals surface area contributed by atoms with Crippen LogP contribution in [0.15, 0.2) is 0 Å². The van der Waals surface area contributed by atoms with Crippen molar-refractivity contribution in [2.75, 3.05) is 0 Å². The Hall–Kier alpha value is -0.650. The van der Waals surface area contributed by atoms with Crippen LogP contribution < -0.4 is 0 Å². The first-order valence-corrected chi connectivity index (χ1v) is 13.3. The summed E-state index contributed by atoms with van der Waals surface area (Å²) in [4.78, 5) is 11.7. The van der Waals surface area contributed by atoms with E-state index in [0.717, 1.165) is 19.3 Å². The van der Waals surface area contributed by atoms with Gasteiger partial charge in [0.2, 0.25) is 0 Å². The smallest absolute Gasteiger partial charge is 0.314 e. The van der Waals surface area contributed by atoms with Gasteiger partial charge in [0, 0.05) is 6.42 Å². The molecule has 5 heteroatoms. The van der Waals surface area contributed by atoms with Crippen molar-refractivity contribution in [3.05, 3.63) is 0 Å². The molecule has 0 aromatic rings. The second-order valence-corrected chi connectivity index (χ2v) is 9.19. The van der Waals surface area contributed by atoms with Crippen molar-refractivity contribution in [3.8, 4) is 0 Å². The van der Waals surface area contributed by atoms with Crippen LogP contribution in [0.3, 0.4) is 0 Å². The van der Waals surface area contributed by atoms with Gasteiger partial charge in [-0.1, -0.05) is 129 Å². The summed E-state index contributed by atoms with van der Waals surface area (Å²) in [5.41, 5.74) is 0. The van der Waals surface area contributed by atoms with Crippen LogP contribution in [0.2, 0.25) is 0 Å². The Balaban J connectivity index is 3.27. The summed E-state index contributed by atoms with van der Waals surface area (Å²) in [5.74, 6) is -3.45. The maximum absolute atomic E-state index is 11.7. The predicted octanol–water partition coefficient (Wildman–Crippen LogP) is 6.76. The number of aliphatic hydroxyl groups is 3. The summed E-state index contributed by atoms with van der Waals surface area (Å²) in [6, 6.07) is 0. The van der Waals surface area contributed by atoms with Gasteiger partial charge in [0.15, 0.2) is 6.10 Å². The van der Waals surface area contributed by atoms with Crippen molar-refractivity contribution in [2.45, 2.75) is 161 Å². The molecular formula is C26H52O5. The van der Waals surface area contributed by atoms with Crippen LogP contribution in [0.1, 0.15) is 149 Å². The van der Waals surface area contributed by atoms with E-state index in [1.165, 1.54) is 103 Å². The Morgan fingerprint density at radius 1 is 0.613 bits per heavy atom. The van der Waals surface area contributed by atoms with Gasteiger partial charge in [0.25, 0.3) is 0 Å². The minimum Gasteiger partial charge on any atom is -0.454 e. The summed E-state index contributed by atoms with van der Waals surface area (Å²) >= 11 is 0. The Morgan fingerprint density at radius 3 is 1.23 bits per heavy atom. The van der Waals surface area contributed by atoms with E-state index < -0.39 is 18.0 Å². The van der Waals surface area contributed by atoms with Gasteiger partial charge in [0.05, 0.1) is 0 Å². The molecule has 0 saturated carbocycles. The number of esters is 1. The summed E-state index contributed by atoms with van der Waals surface area (Å²) in [6.45, 7) is 3.89. The fourth-order valence-corrected chi connectivity index (χ4v) is 4.00. The van der Waals surface area contributed by atoms with Crippen LogP contribution in [0.5, 0.6) is 0 Å². The lowest BCUT2D eigenvalue weighted by molar-refractivity contribution is -0.356. The number of rotatable bonds is 23. The Bertz CT molecular complexity index is 392. The topological polar surface area (TPSA) is 87.0 Å². The molecule has 0 aliphatic carbocycles. The average molecular weight is 445 g/mol. The van der Waals surface area contributed by atoms with E-state index in [1.807, 2.05) is 0 Å². The van der Waals surface area contributed by atoms with E-state index in [9.17, 15) is 4.79 Å². The third-order valence-electron chi connectivity index (χ3n) is 6.06. The number of unbranched alkanes of at least 4 members (excludes halogenated alkanes) is 18. The van der Waals surface area contributed by atoms with E-state index >= 15 is 0 Å². The lowest BCUT2D eigenvalue weighted by Crippen LogP contribution is -2.44. The molecule has 31 heavy (non-hydrogen) atoms. The molecule has 0 fully saturated rings. The summed E-state index contributed by atoms with van der Waals surface area (Å²) in [5, 5.41) is 27.3. The monoisotopic (exact) mass is 444 g/mol. The zero-order valence-corrected chi connectivity index (χ0v) is 20.6. The zero-order valence-electron chi connectivity index (χ0n) is 20.6. The lowest BCUT2D eigenvalue weighted by Gasteiger charge is -2.24. The second-order valence-electron chi connectivity index (χ2n) is 9.19. The van der Waals surface area contributed by atoms with Gasteiger partial charge < -0.3 is 20.1 Å². The number of hydrogen-bond acceptors (Lipinski definition) is 5. The highest BCUT2D eigenvalue weighted by atomic mass is 16.7. The minimum absolute atomic E-state index is 0.147. The molecule has 0 amide bonds. The highest BCUT2D eigenvalue weighted by Crippen LogP contribution is 2.16. The highest BCUT2D eigenvalue weighted by molar-refractivity contribution is 5.69. The van der Waals surface area contributed by atoms with Crippen LogP contribution in [-0.4, -0.2) is 33.4 Å². The first-order valence-electron chi connectivity index (χ1n) is 13.3. The molecule has 1 atom stereocenters. The molecule has 0 aliphatic heterocycles. The first kappa shape index (κ1) is 30.4. The molecule has 0 bridgehead atoms. The van der Waals surface area contributed by atoms with Crippen molar-refractivity contribution in [3.63, 3.8) is 0 Å². The Morgan fingerprint density at radius 2 is 0.935 bits per heavy atom. The summed E-state index contributed by atoms with van der Waals surface area (Å²) in [7, 11) is 0. The molecule has 1 unspecified atom stereocenters. The molecule has 0 aliphatic rings. The predicted molar refractivity (Wildman–Crippen MR) is 128 cm³/mol. The lowest BCUT2D eigenvalue weighted by atomic mass is 10.0. The number of hydrogen-bond donors (Lipinski definition) is 3. The van der Waals surface area contributed by atoms with Crippen molar-refractivity contribution in [1.29, 1.82) is 0 Å². The van der Waals surface area contributed by atoms with Crippen molar-refractivity contribution in [2.24, 2.45) is 0 Å². The standard InChI is InChI=1S/C26H52O5/c1-3-5-6-7-8-9-10-11-12-13-14-15-16-17-18-19-20-21-22-23-25(27)31-24(4-2)26(28,29)30/h24,28-30H,3-23H2,1-2H3. The summed E-state index contributed by atoms with van der Waals surface area (Å²) in [6.07, 6.45) is 23.9. The maximum atomic E-state index is 11.7. The second kappa shape index (κ2) is 21.2. The van der Waals surface area contributed by atoms with E-state index in [2.05, 4.69) is 6.92 Å². The quantitative estimate of drug-likeness (QED) is 0.0920. The molecule has 0 radical (unpaired) electrons. The van der Waals surface area contributed by atoms with Gasteiger partial charge in [0.1, 0.15) is 0 Å². The van der Waals surface area contributed by atoms with Gasteiger partial charge in [-0.2, -0.15) is 0 Å². The van der Waals surface area contributed by atoms with Crippen LogP contribution in [0.4, 0.5) is 0 Å². The van der Waals surface area contributed by atoms with Crippen LogP contribution in [-0.2, 0) is 9.53 Å². The zero-order chi connectivity index (χ0) is 23.2. The van der Waals surface area contributed by atoms with Gasteiger partial charge in [-0.25, -0.2) is 0 Å². The van der Waals surface area contributed by atoms with Gasteiger partial charge >= 0.3 is 11.9 Å². The first-order chi connectivity index (χ1) is 14.9. The van der Waals surface area contributed by atoms with Crippen LogP contribution in [0, 0.1) is 0 Å². The van der Waals surface area contributed by atoms with Gasteiger partial charge in [-0.3, -0.25) is 4.79 Å². The fraction of sp³-hybridized carbons (Fsp3) is 0.962. The number of carbonyl (C=O) groups excluding carboxylic acids is 1. The largest absolute Gasteiger partial charge is 0.454 e. The van der Waals surface area contributed by atoms with Crippen molar-refractivity contribution < 1.29 is 24.9 Å². The molecule has 0 heterocycles. The summed E-state index contributed by atoms with van der Waals surface area (Å²) < 4.78 is 4.91. The normalized spacial score (nSPS) is 12.8. The molecule has 5 nitrogen and oxygen atoms in total. The Kier molecular flexibility index (Phi) is 20.8. The average Bonchev–Trinajstić information content (AvgIpc) is 2.72. The highest BCUT2D eigenvalue weighted by Gasteiger charge is 2.34. The van der Waals surface area contributed by atoms with Gasteiger partial charge in [-0.05, 0) is 12.8 Å². The van der Waals surface area contributed by atoms with E-state index in [0.29, 0.717) is 0 Å². The molecule has 186 valence electrons.